The van der Waals surface area contributed by atoms with E-state index in [1.165, 1.54) is 0 Å². The van der Waals surface area contributed by atoms with Crippen molar-refractivity contribution in [3.8, 4) is 0 Å². The number of pyridine rings is 1. The lowest BCUT2D eigenvalue weighted by Gasteiger charge is -2.17. The molecule has 0 saturated heterocycles. The van der Waals surface area contributed by atoms with E-state index in [1.807, 2.05) is 37.3 Å². The Labute approximate surface area is 119 Å². The van der Waals surface area contributed by atoms with Gasteiger partial charge in [-0.3, -0.25) is 9.78 Å². The van der Waals surface area contributed by atoms with E-state index in [1.54, 1.807) is 0 Å². The number of nitrogens with zero attached hydrogens (tertiary/aromatic N) is 1. The van der Waals surface area contributed by atoms with Crippen LogP contribution in [0.25, 0.3) is 10.9 Å². The van der Waals surface area contributed by atoms with E-state index in [2.05, 4.69) is 17.2 Å². The molecule has 0 radical (unpaired) electrons. The van der Waals surface area contributed by atoms with E-state index >= 15 is 0 Å². The molecule has 1 amide bonds. The van der Waals surface area contributed by atoms with Crippen molar-refractivity contribution in [2.24, 2.45) is 5.73 Å². The standard InChI is InChI=1S/C16H21N3O/c1-3-12(8-9-17)19-16(20)14-10-11(2)18-15-7-5-4-6-13(14)15/h4-7,10,12H,3,8-9,17H2,1-2H3,(H,19,20). The van der Waals surface area contributed by atoms with E-state index in [0.717, 1.165) is 29.4 Å². The highest BCUT2D eigenvalue weighted by Crippen LogP contribution is 2.18. The van der Waals surface area contributed by atoms with Gasteiger partial charge in [-0.25, -0.2) is 0 Å². The van der Waals surface area contributed by atoms with Gasteiger partial charge in [0.1, 0.15) is 0 Å². The molecule has 1 aromatic carbocycles. The lowest BCUT2D eigenvalue weighted by atomic mass is 10.1. The molecule has 1 atom stereocenters. The van der Waals surface area contributed by atoms with Crippen molar-refractivity contribution >= 4 is 16.8 Å². The molecule has 0 fully saturated rings. The van der Waals surface area contributed by atoms with E-state index in [0.29, 0.717) is 12.1 Å². The maximum Gasteiger partial charge on any atom is 0.252 e. The van der Waals surface area contributed by atoms with Crippen LogP contribution >= 0.6 is 0 Å². The van der Waals surface area contributed by atoms with Gasteiger partial charge < -0.3 is 11.1 Å². The summed E-state index contributed by atoms with van der Waals surface area (Å²) >= 11 is 0. The predicted molar refractivity (Wildman–Crippen MR) is 81.7 cm³/mol. The minimum absolute atomic E-state index is 0.0491. The van der Waals surface area contributed by atoms with Crippen LogP contribution in [0, 0.1) is 6.92 Å². The average molecular weight is 271 g/mol. The van der Waals surface area contributed by atoms with E-state index in [-0.39, 0.29) is 11.9 Å². The number of rotatable bonds is 5. The van der Waals surface area contributed by atoms with Crippen LogP contribution in [-0.2, 0) is 0 Å². The van der Waals surface area contributed by atoms with Crippen molar-refractivity contribution in [1.29, 1.82) is 0 Å². The van der Waals surface area contributed by atoms with Crippen molar-refractivity contribution in [2.45, 2.75) is 32.7 Å². The van der Waals surface area contributed by atoms with Gasteiger partial charge >= 0.3 is 0 Å². The maximum absolute atomic E-state index is 12.5. The number of hydrogen-bond donors (Lipinski definition) is 2. The molecule has 3 N–H and O–H groups in total. The molecule has 0 spiro atoms. The summed E-state index contributed by atoms with van der Waals surface area (Å²) in [5.41, 5.74) is 7.96. The smallest absolute Gasteiger partial charge is 0.252 e. The molecule has 0 aliphatic heterocycles. The first kappa shape index (κ1) is 14.5. The van der Waals surface area contributed by atoms with Crippen molar-refractivity contribution in [1.82, 2.24) is 10.3 Å². The first-order valence-corrected chi connectivity index (χ1v) is 7.03. The minimum atomic E-state index is -0.0491. The largest absolute Gasteiger partial charge is 0.349 e. The average Bonchev–Trinajstić information content (AvgIpc) is 2.45. The zero-order chi connectivity index (χ0) is 14.5. The van der Waals surface area contributed by atoms with Gasteiger partial charge in [-0.15, -0.1) is 0 Å². The summed E-state index contributed by atoms with van der Waals surface area (Å²) in [4.78, 5) is 16.9. The molecule has 20 heavy (non-hydrogen) atoms. The van der Waals surface area contributed by atoms with Crippen LogP contribution in [0.4, 0.5) is 0 Å². The summed E-state index contributed by atoms with van der Waals surface area (Å²) in [6, 6.07) is 9.68. The Balaban J connectivity index is 2.34. The molecule has 0 saturated carbocycles. The highest BCUT2D eigenvalue weighted by molar-refractivity contribution is 6.06. The van der Waals surface area contributed by atoms with Crippen LogP contribution < -0.4 is 11.1 Å². The number of para-hydroxylation sites is 1. The third-order valence-electron chi connectivity index (χ3n) is 3.43. The second kappa shape index (κ2) is 6.48. The topological polar surface area (TPSA) is 68.0 Å². The Bertz CT molecular complexity index is 610. The van der Waals surface area contributed by atoms with E-state index in [4.69, 9.17) is 5.73 Å². The van der Waals surface area contributed by atoms with Crippen molar-refractivity contribution in [3.05, 3.63) is 41.6 Å². The monoisotopic (exact) mass is 271 g/mol. The maximum atomic E-state index is 12.5. The Morgan fingerprint density at radius 3 is 2.85 bits per heavy atom. The lowest BCUT2D eigenvalue weighted by Crippen LogP contribution is -2.36. The molecular weight excluding hydrogens is 250 g/mol. The summed E-state index contributed by atoms with van der Waals surface area (Å²) in [6.45, 7) is 4.53. The fraction of sp³-hybridized carbons (Fsp3) is 0.375. The van der Waals surface area contributed by atoms with Gasteiger partial charge in [-0.2, -0.15) is 0 Å². The molecule has 2 aromatic rings. The van der Waals surface area contributed by atoms with E-state index < -0.39 is 0 Å². The van der Waals surface area contributed by atoms with Gasteiger partial charge in [0.15, 0.2) is 0 Å². The van der Waals surface area contributed by atoms with Crippen LogP contribution in [0.15, 0.2) is 30.3 Å². The molecule has 106 valence electrons. The SMILES string of the molecule is CCC(CCN)NC(=O)c1cc(C)nc2ccccc12. The molecule has 0 aliphatic rings. The zero-order valence-electron chi connectivity index (χ0n) is 12.0. The fourth-order valence-electron chi connectivity index (χ4n) is 2.34. The summed E-state index contributed by atoms with van der Waals surface area (Å²) in [7, 11) is 0. The van der Waals surface area contributed by atoms with Crippen molar-refractivity contribution < 1.29 is 4.79 Å². The quantitative estimate of drug-likeness (QED) is 0.877. The molecule has 1 aromatic heterocycles. The summed E-state index contributed by atoms with van der Waals surface area (Å²) < 4.78 is 0. The zero-order valence-corrected chi connectivity index (χ0v) is 12.0. The Morgan fingerprint density at radius 2 is 2.15 bits per heavy atom. The number of nitrogens with two attached hydrogens (primary N) is 1. The Kier molecular flexibility index (Phi) is 4.69. The fourth-order valence-corrected chi connectivity index (χ4v) is 2.34. The van der Waals surface area contributed by atoms with Crippen molar-refractivity contribution in [3.63, 3.8) is 0 Å². The number of carbonyl (C=O) groups excluding carboxylic acids is 1. The van der Waals surface area contributed by atoms with Crippen LogP contribution in [0.1, 0.15) is 35.8 Å². The Morgan fingerprint density at radius 1 is 1.40 bits per heavy atom. The highest BCUT2D eigenvalue weighted by atomic mass is 16.1. The first-order chi connectivity index (χ1) is 9.65. The number of benzene rings is 1. The summed E-state index contributed by atoms with van der Waals surface area (Å²) in [6.07, 6.45) is 1.68. The molecule has 0 bridgehead atoms. The van der Waals surface area contributed by atoms with Crippen molar-refractivity contribution in [2.75, 3.05) is 6.54 Å². The molecule has 0 aliphatic carbocycles. The molecule has 1 heterocycles. The third-order valence-corrected chi connectivity index (χ3v) is 3.43. The number of aryl methyl sites for hydroxylation is 1. The number of hydrogen-bond acceptors (Lipinski definition) is 3. The number of nitrogens with one attached hydrogen (secondary N) is 1. The molecule has 4 heteroatoms. The molecule has 2 rings (SSSR count). The van der Waals surface area contributed by atoms with Gasteiger partial charge in [0.2, 0.25) is 0 Å². The van der Waals surface area contributed by atoms with Crippen LogP contribution in [0.2, 0.25) is 0 Å². The third kappa shape index (κ3) is 3.14. The molecule has 1 unspecified atom stereocenters. The second-order valence-electron chi connectivity index (χ2n) is 4.98. The van der Waals surface area contributed by atoms with Crippen LogP contribution in [-0.4, -0.2) is 23.5 Å². The predicted octanol–water partition coefficient (Wildman–Crippen LogP) is 2.40. The van der Waals surface area contributed by atoms with Gasteiger partial charge in [-0.1, -0.05) is 25.1 Å². The van der Waals surface area contributed by atoms with Gasteiger partial charge in [0, 0.05) is 17.1 Å². The normalized spacial score (nSPS) is 12.3. The lowest BCUT2D eigenvalue weighted by molar-refractivity contribution is 0.0936. The number of carbonyl (C=O) groups is 1. The summed E-state index contributed by atoms with van der Waals surface area (Å²) in [5, 5.41) is 3.94. The van der Waals surface area contributed by atoms with Gasteiger partial charge in [0.25, 0.3) is 5.91 Å². The van der Waals surface area contributed by atoms with Crippen LogP contribution in [0.3, 0.4) is 0 Å². The van der Waals surface area contributed by atoms with Gasteiger partial charge in [0.05, 0.1) is 11.1 Å². The first-order valence-electron chi connectivity index (χ1n) is 7.03. The number of aromatic nitrogens is 1. The number of fused-ring (bicyclic) bond motifs is 1. The Hall–Kier alpha value is -1.94. The molecule has 4 nitrogen and oxygen atoms in total. The number of amides is 1. The second-order valence-corrected chi connectivity index (χ2v) is 4.98. The van der Waals surface area contributed by atoms with Gasteiger partial charge in [-0.05, 0) is 38.4 Å². The van der Waals surface area contributed by atoms with Crippen LogP contribution in [0.5, 0.6) is 0 Å². The van der Waals surface area contributed by atoms with E-state index in [9.17, 15) is 4.79 Å². The molecular formula is C16H21N3O. The minimum Gasteiger partial charge on any atom is -0.349 e. The summed E-state index contributed by atoms with van der Waals surface area (Å²) in [5.74, 6) is -0.0491. The highest BCUT2D eigenvalue weighted by Gasteiger charge is 2.15.